The standard InChI is InChI=1S/C17H14F2N4OS/c18-13-4-12(5-14(19)7-13)9-24-15-3-1-2-11(6-15)8-21-23-17-22-16(20)10-25-17/h1-8,10H,9,20H2,(H,22,23). The van der Waals surface area contributed by atoms with E-state index in [0.29, 0.717) is 22.3 Å². The van der Waals surface area contributed by atoms with Crippen molar-refractivity contribution in [3.8, 4) is 5.75 Å². The highest BCUT2D eigenvalue weighted by molar-refractivity contribution is 7.14. The number of thiazole rings is 1. The summed E-state index contributed by atoms with van der Waals surface area (Å²) in [6.45, 7) is 0.0614. The van der Waals surface area contributed by atoms with E-state index in [1.165, 1.54) is 23.5 Å². The second-order valence-electron chi connectivity index (χ2n) is 5.09. The smallest absolute Gasteiger partial charge is 0.205 e. The zero-order chi connectivity index (χ0) is 17.6. The highest BCUT2D eigenvalue weighted by Gasteiger charge is 2.02. The Bertz CT molecular complexity index is 878. The lowest BCUT2D eigenvalue weighted by molar-refractivity contribution is 0.305. The maximum Gasteiger partial charge on any atom is 0.205 e. The predicted molar refractivity (Wildman–Crippen MR) is 94.9 cm³/mol. The van der Waals surface area contributed by atoms with E-state index in [1.807, 2.05) is 6.07 Å². The summed E-state index contributed by atoms with van der Waals surface area (Å²) in [5, 5.41) is 6.37. The first-order chi connectivity index (χ1) is 12.1. The van der Waals surface area contributed by atoms with E-state index in [2.05, 4.69) is 15.5 Å². The zero-order valence-electron chi connectivity index (χ0n) is 12.9. The molecule has 0 aliphatic carbocycles. The van der Waals surface area contributed by atoms with Crippen molar-refractivity contribution in [1.82, 2.24) is 4.98 Å². The van der Waals surface area contributed by atoms with E-state index in [0.717, 1.165) is 11.6 Å². The molecule has 0 aliphatic heterocycles. The van der Waals surface area contributed by atoms with Gasteiger partial charge in [0.2, 0.25) is 5.13 Å². The van der Waals surface area contributed by atoms with Crippen molar-refractivity contribution >= 4 is 28.5 Å². The number of nitrogen functional groups attached to an aromatic ring is 1. The Kier molecular flexibility index (Phi) is 5.20. The lowest BCUT2D eigenvalue weighted by Crippen LogP contribution is -1.98. The average Bonchev–Trinajstić information content (AvgIpc) is 2.98. The molecule has 128 valence electrons. The quantitative estimate of drug-likeness (QED) is 0.514. The van der Waals surface area contributed by atoms with Crippen LogP contribution in [0.15, 0.2) is 52.9 Å². The first kappa shape index (κ1) is 16.8. The van der Waals surface area contributed by atoms with E-state index < -0.39 is 11.6 Å². The number of hydrazone groups is 1. The number of nitrogens with two attached hydrogens (primary N) is 1. The number of benzene rings is 2. The van der Waals surface area contributed by atoms with Gasteiger partial charge < -0.3 is 10.5 Å². The molecule has 0 spiro atoms. The summed E-state index contributed by atoms with van der Waals surface area (Å²) in [5.74, 6) is -0.263. The maximum atomic E-state index is 13.2. The van der Waals surface area contributed by atoms with E-state index >= 15 is 0 Å². The molecule has 0 amide bonds. The molecule has 3 N–H and O–H groups in total. The molecule has 8 heteroatoms. The third-order valence-corrected chi connectivity index (χ3v) is 3.85. The topological polar surface area (TPSA) is 72.5 Å². The number of hydrogen-bond donors (Lipinski definition) is 2. The van der Waals surface area contributed by atoms with E-state index in [-0.39, 0.29) is 6.61 Å². The molecule has 3 aromatic rings. The second kappa shape index (κ2) is 7.71. The number of aromatic nitrogens is 1. The van der Waals surface area contributed by atoms with Gasteiger partial charge in [-0.2, -0.15) is 5.10 Å². The molecule has 0 radical (unpaired) electrons. The molecule has 1 heterocycles. The number of anilines is 2. The van der Waals surface area contributed by atoms with Gasteiger partial charge in [-0.05, 0) is 35.4 Å². The SMILES string of the molecule is Nc1csc(NN=Cc2cccc(OCc3cc(F)cc(F)c3)c2)n1. The molecule has 0 saturated heterocycles. The third kappa shape index (κ3) is 4.98. The summed E-state index contributed by atoms with van der Waals surface area (Å²) in [6, 6.07) is 10.4. The van der Waals surface area contributed by atoms with Gasteiger partial charge in [0.15, 0.2) is 0 Å². The van der Waals surface area contributed by atoms with Gasteiger partial charge in [-0.15, -0.1) is 11.3 Å². The van der Waals surface area contributed by atoms with Crippen molar-refractivity contribution in [2.45, 2.75) is 6.61 Å². The number of nitrogens with zero attached hydrogens (tertiary/aromatic N) is 2. The normalized spacial score (nSPS) is 11.0. The molecule has 0 unspecified atom stereocenters. The van der Waals surface area contributed by atoms with Gasteiger partial charge >= 0.3 is 0 Å². The molecule has 3 rings (SSSR count). The Balaban J connectivity index is 1.60. The minimum Gasteiger partial charge on any atom is -0.489 e. The van der Waals surface area contributed by atoms with Gasteiger partial charge in [0.25, 0.3) is 0 Å². The van der Waals surface area contributed by atoms with E-state index in [4.69, 9.17) is 10.5 Å². The van der Waals surface area contributed by atoms with Crippen LogP contribution in [0.1, 0.15) is 11.1 Å². The Hall–Kier alpha value is -3.00. The third-order valence-electron chi connectivity index (χ3n) is 3.08. The van der Waals surface area contributed by atoms with Crippen LogP contribution in [0.3, 0.4) is 0 Å². The molecular weight excluding hydrogens is 346 g/mol. The fourth-order valence-corrected chi connectivity index (χ4v) is 2.59. The van der Waals surface area contributed by atoms with Crippen LogP contribution >= 0.6 is 11.3 Å². The molecule has 1 aromatic heterocycles. The largest absolute Gasteiger partial charge is 0.489 e. The first-order valence-corrected chi connectivity index (χ1v) is 8.14. The minimum atomic E-state index is -0.631. The Morgan fingerprint density at radius 1 is 1.20 bits per heavy atom. The van der Waals surface area contributed by atoms with Gasteiger partial charge in [0, 0.05) is 11.4 Å². The summed E-state index contributed by atoms with van der Waals surface area (Å²) in [4.78, 5) is 4.02. The molecule has 0 bridgehead atoms. The van der Waals surface area contributed by atoms with Crippen LogP contribution in [-0.4, -0.2) is 11.2 Å². The van der Waals surface area contributed by atoms with Crippen molar-refractivity contribution in [1.29, 1.82) is 0 Å². The predicted octanol–water partition coefficient (Wildman–Crippen LogP) is 4.03. The van der Waals surface area contributed by atoms with Gasteiger partial charge in [0.1, 0.15) is 29.8 Å². The van der Waals surface area contributed by atoms with Crippen LogP contribution in [0.4, 0.5) is 19.7 Å². The van der Waals surface area contributed by atoms with Crippen molar-refractivity contribution in [2.24, 2.45) is 5.10 Å². The van der Waals surface area contributed by atoms with Gasteiger partial charge in [-0.3, -0.25) is 5.43 Å². The number of hydrogen-bond acceptors (Lipinski definition) is 6. The summed E-state index contributed by atoms with van der Waals surface area (Å²) >= 11 is 1.35. The maximum absolute atomic E-state index is 13.2. The number of ether oxygens (including phenoxy) is 1. The zero-order valence-corrected chi connectivity index (χ0v) is 13.8. The van der Waals surface area contributed by atoms with Crippen molar-refractivity contribution in [3.05, 3.63) is 70.6 Å². The van der Waals surface area contributed by atoms with Crippen molar-refractivity contribution in [2.75, 3.05) is 11.2 Å². The van der Waals surface area contributed by atoms with Crippen LogP contribution in [0.2, 0.25) is 0 Å². The first-order valence-electron chi connectivity index (χ1n) is 7.26. The monoisotopic (exact) mass is 360 g/mol. The Morgan fingerprint density at radius 3 is 2.72 bits per heavy atom. The summed E-state index contributed by atoms with van der Waals surface area (Å²) in [6.07, 6.45) is 1.60. The number of rotatable bonds is 6. The van der Waals surface area contributed by atoms with Gasteiger partial charge in [-0.25, -0.2) is 13.8 Å². The van der Waals surface area contributed by atoms with Crippen LogP contribution in [0.5, 0.6) is 5.75 Å². The second-order valence-corrected chi connectivity index (χ2v) is 5.94. The number of halogens is 2. The van der Waals surface area contributed by atoms with Crippen LogP contribution in [0, 0.1) is 11.6 Å². The van der Waals surface area contributed by atoms with Crippen LogP contribution < -0.4 is 15.9 Å². The van der Waals surface area contributed by atoms with E-state index in [1.54, 1.807) is 29.8 Å². The fraction of sp³-hybridized carbons (Fsp3) is 0.0588. The van der Waals surface area contributed by atoms with Crippen LogP contribution in [0.25, 0.3) is 0 Å². The fourth-order valence-electron chi connectivity index (χ4n) is 2.05. The minimum absolute atomic E-state index is 0.0614. The summed E-state index contributed by atoms with van der Waals surface area (Å²) < 4.78 is 31.9. The van der Waals surface area contributed by atoms with Gasteiger partial charge in [-0.1, -0.05) is 12.1 Å². The summed E-state index contributed by atoms with van der Waals surface area (Å²) in [7, 11) is 0. The lowest BCUT2D eigenvalue weighted by Gasteiger charge is -2.07. The molecule has 0 fully saturated rings. The molecule has 2 aromatic carbocycles. The summed E-state index contributed by atoms with van der Waals surface area (Å²) in [5.41, 5.74) is 9.51. The van der Waals surface area contributed by atoms with E-state index in [9.17, 15) is 8.78 Å². The Morgan fingerprint density at radius 2 is 2.00 bits per heavy atom. The number of nitrogens with one attached hydrogen (secondary N) is 1. The average molecular weight is 360 g/mol. The highest BCUT2D eigenvalue weighted by atomic mass is 32.1. The van der Waals surface area contributed by atoms with Gasteiger partial charge in [0.05, 0.1) is 6.21 Å². The van der Waals surface area contributed by atoms with Crippen molar-refractivity contribution in [3.63, 3.8) is 0 Å². The molecule has 5 nitrogen and oxygen atoms in total. The van der Waals surface area contributed by atoms with Crippen molar-refractivity contribution < 1.29 is 13.5 Å². The molecular formula is C17H14F2N4OS. The highest BCUT2D eigenvalue weighted by Crippen LogP contribution is 2.17. The molecule has 0 aliphatic rings. The molecule has 25 heavy (non-hydrogen) atoms. The molecule has 0 saturated carbocycles. The van der Waals surface area contributed by atoms with Crippen LogP contribution in [-0.2, 0) is 6.61 Å². The lowest BCUT2D eigenvalue weighted by atomic mass is 10.2. The Labute approximate surface area is 146 Å². The molecule has 0 atom stereocenters.